The van der Waals surface area contributed by atoms with Crippen LogP contribution in [0, 0.1) is 0 Å². The van der Waals surface area contributed by atoms with Crippen molar-refractivity contribution in [1.82, 2.24) is 0 Å². The lowest BCUT2D eigenvalue weighted by Crippen LogP contribution is -2.06. The van der Waals surface area contributed by atoms with E-state index in [0.717, 1.165) is 41.3 Å². The first kappa shape index (κ1) is 13.9. The van der Waals surface area contributed by atoms with Crippen molar-refractivity contribution < 1.29 is 14.3 Å². The van der Waals surface area contributed by atoms with Crippen LogP contribution in [0.3, 0.4) is 0 Å². The largest absolute Gasteiger partial charge is 0.508 e. The van der Waals surface area contributed by atoms with E-state index >= 15 is 0 Å². The molecule has 0 spiro atoms. The number of aromatic hydroxyl groups is 1. The fraction of sp³-hybridized carbons (Fsp3) is 0.211. The number of hydrogen-bond donors (Lipinski definition) is 1. The monoisotopic (exact) mass is 308 g/mol. The Kier molecular flexibility index (Phi) is 3.30. The van der Waals surface area contributed by atoms with Gasteiger partial charge in [-0.1, -0.05) is 12.1 Å². The van der Waals surface area contributed by atoms with Gasteiger partial charge in [0, 0.05) is 17.0 Å². The van der Waals surface area contributed by atoms with Gasteiger partial charge in [0.1, 0.15) is 23.7 Å². The molecule has 1 heterocycles. The van der Waals surface area contributed by atoms with Crippen molar-refractivity contribution in [2.45, 2.75) is 25.9 Å². The molecule has 0 unspecified atom stereocenters. The summed E-state index contributed by atoms with van der Waals surface area (Å²) in [5, 5.41) is 10.5. The fourth-order valence-corrected chi connectivity index (χ4v) is 3.17. The lowest BCUT2D eigenvalue weighted by Gasteiger charge is -2.09. The molecule has 3 aromatic rings. The molecule has 4 heteroatoms. The summed E-state index contributed by atoms with van der Waals surface area (Å²) in [6.45, 7) is 0.342. The number of ether oxygens (including phenoxy) is 1. The summed E-state index contributed by atoms with van der Waals surface area (Å²) in [7, 11) is 0. The minimum Gasteiger partial charge on any atom is -0.508 e. The standard InChI is InChI=1S/C19H16O4/c20-13-4-1-3-12(9-13)11-22-14-7-8-16-15-5-2-6-17(15)19(21)23-18(16)10-14/h1,3-4,7-10,20H,2,5-6,11H2. The fourth-order valence-electron chi connectivity index (χ4n) is 3.17. The first-order valence-corrected chi connectivity index (χ1v) is 7.70. The summed E-state index contributed by atoms with van der Waals surface area (Å²) in [4.78, 5) is 12.0. The third-order valence-electron chi connectivity index (χ3n) is 4.26. The van der Waals surface area contributed by atoms with Crippen molar-refractivity contribution in [3.63, 3.8) is 0 Å². The Morgan fingerprint density at radius 3 is 2.83 bits per heavy atom. The van der Waals surface area contributed by atoms with Crippen LogP contribution in [0.25, 0.3) is 11.0 Å². The van der Waals surface area contributed by atoms with Gasteiger partial charge in [0.25, 0.3) is 0 Å². The molecular weight excluding hydrogens is 292 g/mol. The summed E-state index contributed by atoms with van der Waals surface area (Å²) < 4.78 is 11.2. The zero-order valence-corrected chi connectivity index (χ0v) is 12.5. The van der Waals surface area contributed by atoms with Gasteiger partial charge in [-0.15, -0.1) is 0 Å². The van der Waals surface area contributed by atoms with Gasteiger partial charge in [-0.3, -0.25) is 0 Å². The van der Waals surface area contributed by atoms with Crippen LogP contribution in [0.15, 0.2) is 51.7 Å². The molecule has 23 heavy (non-hydrogen) atoms. The molecule has 2 aromatic carbocycles. The SMILES string of the molecule is O=c1oc2cc(OCc3cccc(O)c3)ccc2c2c1CCC2. The second kappa shape index (κ2) is 5.47. The minimum absolute atomic E-state index is 0.214. The first-order valence-electron chi connectivity index (χ1n) is 7.70. The van der Waals surface area contributed by atoms with Crippen LogP contribution in [0.5, 0.6) is 11.5 Å². The van der Waals surface area contributed by atoms with Crippen LogP contribution in [0.2, 0.25) is 0 Å². The predicted molar refractivity (Wildman–Crippen MR) is 86.9 cm³/mol. The highest BCUT2D eigenvalue weighted by molar-refractivity contribution is 5.83. The smallest absolute Gasteiger partial charge is 0.339 e. The predicted octanol–water partition coefficient (Wildman–Crippen LogP) is 3.57. The summed E-state index contributed by atoms with van der Waals surface area (Å²) in [5.74, 6) is 0.855. The van der Waals surface area contributed by atoms with Crippen LogP contribution in [0.1, 0.15) is 23.1 Å². The maximum Gasteiger partial charge on any atom is 0.339 e. The van der Waals surface area contributed by atoms with E-state index in [2.05, 4.69) is 0 Å². The van der Waals surface area contributed by atoms with Gasteiger partial charge in [-0.25, -0.2) is 4.79 Å². The molecule has 0 atom stereocenters. The minimum atomic E-state index is -0.227. The van der Waals surface area contributed by atoms with E-state index in [1.165, 1.54) is 0 Å². The van der Waals surface area contributed by atoms with Gasteiger partial charge in [-0.2, -0.15) is 0 Å². The third kappa shape index (κ3) is 2.57. The van der Waals surface area contributed by atoms with E-state index in [9.17, 15) is 9.90 Å². The first-order chi connectivity index (χ1) is 11.2. The molecule has 1 N–H and O–H groups in total. The molecule has 0 saturated heterocycles. The van der Waals surface area contributed by atoms with E-state index in [-0.39, 0.29) is 11.4 Å². The van der Waals surface area contributed by atoms with Crippen LogP contribution in [0.4, 0.5) is 0 Å². The van der Waals surface area contributed by atoms with E-state index in [1.54, 1.807) is 24.3 Å². The number of phenolic OH excluding ortho intramolecular Hbond substituents is 1. The number of benzene rings is 2. The molecule has 0 radical (unpaired) electrons. The van der Waals surface area contributed by atoms with Crippen molar-refractivity contribution in [1.29, 1.82) is 0 Å². The summed E-state index contributed by atoms with van der Waals surface area (Å²) in [6.07, 6.45) is 2.75. The van der Waals surface area contributed by atoms with Gasteiger partial charge in [-0.05, 0) is 54.7 Å². The number of fused-ring (bicyclic) bond motifs is 3. The quantitative estimate of drug-likeness (QED) is 0.752. The number of rotatable bonds is 3. The Balaban J connectivity index is 1.64. The normalized spacial score (nSPS) is 13.2. The maximum absolute atomic E-state index is 12.0. The van der Waals surface area contributed by atoms with Crippen molar-refractivity contribution >= 4 is 11.0 Å². The maximum atomic E-state index is 12.0. The summed E-state index contributed by atoms with van der Waals surface area (Å²) >= 11 is 0. The Morgan fingerprint density at radius 1 is 1.09 bits per heavy atom. The number of hydrogen-bond acceptors (Lipinski definition) is 4. The summed E-state index contributed by atoms with van der Waals surface area (Å²) in [6, 6.07) is 12.6. The molecule has 4 rings (SSSR count). The van der Waals surface area contributed by atoms with E-state index in [4.69, 9.17) is 9.15 Å². The molecule has 1 aliphatic rings. The van der Waals surface area contributed by atoms with E-state index in [0.29, 0.717) is 17.9 Å². The lowest BCUT2D eigenvalue weighted by molar-refractivity contribution is 0.305. The second-order valence-electron chi connectivity index (χ2n) is 5.82. The van der Waals surface area contributed by atoms with Gasteiger partial charge in [0.2, 0.25) is 0 Å². The molecule has 4 nitrogen and oxygen atoms in total. The van der Waals surface area contributed by atoms with Crippen LogP contribution in [-0.4, -0.2) is 5.11 Å². The van der Waals surface area contributed by atoms with Gasteiger partial charge < -0.3 is 14.3 Å². The van der Waals surface area contributed by atoms with Gasteiger partial charge in [0.05, 0.1) is 0 Å². The highest BCUT2D eigenvalue weighted by Crippen LogP contribution is 2.29. The average molecular weight is 308 g/mol. The number of aryl methyl sites for hydroxylation is 1. The van der Waals surface area contributed by atoms with Crippen molar-refractivity contribution in [3.05, 3.63) is 69.6 Å². The molecule has 1 aromatic heterocycles. The van der Waals surface area contributed by atoms with Gasteiger partial charge >= 0.3 is 5.63 Å². The molecule has 0 bridgehead atoms. The number of phenols is 1. The van der Waals surface area contributed by atoms with Crippen molar-refractivity contribution in [2.75, 3.05) is 0 Å². The molecule has 0 amide bonds. The lowest BCUT2D eigenvalue weighted by atomic mass is 10.1. The Morgan fingerprint density at radius 2 is 1.96 bits per heavy atom. The van der Waals surface area contributed by atoms with Crippen molar-refractivity contribution in [3.8, 4) is 11.5 Å². The van der Waals surface area contributed by atoms with Crippen molar-refractivity contribution in [2.24, 2.45) is 0 Å². The highest BCUT2D eigenvalue weighted by atomic mass is 16.5. The second-order valence-corrected chi connectivity index (χ2v) is 5.82. The third-order valence-corrected chi connectivity index (χ3v) is 4.26. The van der Waals surface area contributed by atoms with Crippen LogP contribution < -0.4 is 10.4 Å². The zero-order valence-electron chi connectivity index (χ0n) is 12.5. The molecule has 0 aliphatic heterocycles. The highest BCUT2D eigenvalue weighted by Gasteiger charge is 2.19. The Hall–Kier alpha value is -2.75. The Bertz CT molecular complexity index is 940. The molecule has 1 aliphatic carbocycles. The zero-order chi connectivity index (χ0) is 15.8. The molecular formula is C19H16O4. The Labute approximate surface area is 132 Å². The average Bonchev–Trinajstić information content (AvgIpc) is 3.03. The topological polar surface area (TPSA) is 59.7 Å². The molecule has 116 valence electrons. The van der Waals surface area contributed by atoms with Crippen LogP contribution >= 0.6 is 0 Å². The van der Waals surface area contributed by atoms with Crippen LogP contribution in [-0.2, 0) is 19.4 Å². The van der Waals surface area contributed by atoms with E-state index in [1.807, 2.05) is 18.2 Å². The molecule has 0 fully saturated rings. The molecule has 0 saturated carbocycles. The van der Waals surface area contributed by atoms with E-state index < -0.39 is 0 Å². The summed E-state index contributed by atoms with van der Waals surface area (Å²) in [5.41, 5.74) is 3.17. The van der Waals surface area contributed by atoms with Gasteiger partial charge in [0.15, 0.2) is 0 Å².